The molecule has 3 aliphatic heterocycles. The van der Waals surface area contributed by atoms with Crippen molar-refractivity contribution in [2.75, 3.05) is 38.7 Å². The van der Waals surface area contributed by atoms with Gasteiger partial charge in [-0.2, -0.15) is 0 Å². The predicted molar refractivity (Wildman–Crippen MR) is 91.0 cm³/mol. The molecule has 4 heterocycles. The van der Waals surface area contributed by atoms with E-state index in [-0.39, 0.29) is 10.7 Å². The maximum Gasteiger partial charge on any atom is 0.291 e. The van der Waals surface area contributed by atoms with Crippen LogP contribution in [0.3, 0.4) is 0 Å². The molecule has 130 valence electrons. The maximum atomic E-state index is 12.3. The van der Waals surface area contributed by atoms with Gasteiger partial charge in [-0.15, -0.1) is 11.8 Å². The summed E-state index contributed by atoms with van der Waals surface area (Å²) in [6.45, 7) is 4.16. The highest BCUT2D eigenvalue weighted by atomic mass is 32.2. The molecule has 0 saturated carbocycles. The molecule has 0 N–H and O–H groups in total. The molecule has 0 radical (unpaired) electrons. The largest absolute Gasteiger partial charge is 0.381 e. The molecule has 1 atom stereocenters. The Bertz CT molecular complexity index is 574. The molecule has 1 amide bonds. The molecule has 3 saturated heterocycles. The monoisotopic (exact) mass is 349 g/mol. The summed E-state index contributed by atoms with van der Waals surface area (Å²) in [7, 11) is 0. The second kappa shape index (κ2) is 6.98. The van der Waals surface area contributed by atoms with Crippen molar-refractivity contribution in [3.05, 3.63) is 24.3 Å². The van der Waals surface area contributed by atoms with Gasteiger partial charge in [-0.1, -0.05) is 0 Å². The van der Waals surface area contributed by atoms with Crippen molar-refractivity contribution in [3.63, 3.8) is 0 Å². The molecule has 7 heteroatoms. The summed E-state index contributed by atoms with van der Waals surface area (Å²) in [5, 5.41) is 0. The number of aromatic nitrogens is 2. The van der Waals surface area contributed by atoms with E-state index in [1.54, 1.807) is 18.5 Å². The van der Waals surface area contributed by atoms with Crippen molar-refractivity contribution in [1.29, 1.82) is 0 Å². The topological polar surface area (TPSA) is 64.6 Å². The zero-order chi connectivity index (χ0) is 16.4. The zero-order valence-electron chi connectivity index (χ0n) is 13.7. The molecule has 0 aromatic carbocycles. The number of carbonyl (C=O) groups is 1. The van der Waals surface area contributed by atoms with Gasteiger partial charge >= 0.3 is 0 Å². The van der Waals surface area contributed by atoms with Gasteiger partial charge in [-0.25, -0.2) is 9.97 Å². The van der Waals surface area contributed by atoms with Gasteiger partial charge in [0.25, 0.3) is 5.91 Å². The smallest absolute Gasteiger partial charge is 0.291 e. The van der Waals surface area contributed by atoms with Crippen molar-refractivity contribution >= 4 is 17.7 Å². The van der Waals surface area contributed by atoms with Gasteiger partial charge in [0, 0.05) is 51.1 Å². The van der Waals surface area contributed by atoms with E-state index in [9.17, 15) is 4.79 Å². The fraction of sp³-hybridized carbons (Fsp3) is 0.706. The van der Waals surface area contributed by atoms with E-state index in [4.69, 9.17) is 9.47 Å². The fourth-order valence-electron chi connectivity index (χ4n) is 3.66. The number of amides is 1. The van der Waals surface area contributed by atoms with Crippen LogP contribution in [0, 0.1) is 5.92 Å². The first-order chi connectivity index (χ1) is 11.7. The standard InChI is InChI=1S/C17H23N3O3S/c21-16(15-18-4-1-5-19-15)20-11-17(12-20)8-14(10-24-17)23-9-13-2-6-22-7-3-13/h1,4-5,13-14H,2-3,6-12H2/t14-/m0/s1. The van der Waals surface area contributed by atoms with E-state index in [2.05, 4.69) is 9.97 Å². The van der Waals surface area contributed by atoms with Crippen molar-refractivity contribution < 1.29 is 14.3 Å². The first-order valence-corrected chi connectivity index (χ1v) is 9.62. The molecule has 0 bridgehead atoms. The van der Waals surface area contributed by atoms with Crippen LogP contribution in [0.2, 0.25) is 0 Å². The maximum absolute atomic E-state index is 12.3. The molecule has 6 nitrogen and oxygen atoms in total. The quantitative estimate of drug-likeness (QED) is 0.823. The van der Waals surface area contributed by atoms with E-state index in [0.29, 0.717) is 17.8 Å². The number of nitrogens with zero attached hydrogens (tertiary/aromatic N) is 3. The van der Waals surface area contributed by atoms with Gasteiger partial charge in [0.05, 0.1) is 10.9 Å². The number of carbonyl (C=O) groups excluding carboxylic acids is 1. The van der Waals surface area contributed by atoms with Crippen LogP contribution in [0.4, 0.5) is 0 Å². The summed E-state index contributed by atoms with van der Waals surface area (Å²) >= 11 is 1.96. The van der Waals surface area contributed by atoms with Crippen LogP contribution >= 0.6 is 11.8 Å². The van der Waals surface area contributed by atoms with E-state index in [1.165, 1.54) is 0 Å². The molecule has 3 aliphatic rings. The highest BCUT2D eigenvalue weighted by Gasteiger charge is 2.51. The first-order valence-electron chi connectivity index (χ1n) is 8.64. The number of ether oxygens (including phenoxy) is 2. The van der Waals surface area contributed by atoms with E-state index in [0.717, 1.165) is 57.9 Å². The second-order valence-corrected chi connectivity index (χ2v) is 8.43. The van der Waals surface area contributed by atoms with Gasteiger partial charge in [0.1, 0.15) is 0 Å². The predicted octanol–water partition coefficient (Wildman–Crippen LogP) is 1.62. The van der Waals surface area contributed by atoms with E-state index < -0.39 is 0 Å². The highest BCUT2D eigenvalue weighted by Crippen LogP contribution is 2.46. The molecule has 4 rings (SSSR count). The van der Waals surface area contributed by atoms with Crippen LogP contribution in [-0.2, 0) is 9.47 Å². The fourth-order valence-corrected chi connectivity index (χ4v) is 5.21. The second-order valence-electron chi connectivity index (χ2n) is 6.94. The number of hydrogen-bond donors (Lipinski definition) is 0. The van der Waals surface area contributed by atoms with Crippen molar-refractivity contribution in [1.82, 2.24) is 14.9 Å². The molecular formula is C17H23N3O3S. The molecule has 0 unspecified atom stereocenters. The van der Waals surface area contributed by atoms with Gasteiger partial charge in [0.15, 0.2) is 0 Å². The Kier molecular flexibility index (Phi) is 4.74. The minimum Gasteiger partial charge on any atom is -0.381 e. The average Bonchev–Trinajstić information content (AvgIpc) is 3.04. The van der Waals surface area contributed by atoms with Crippen LogP contribution in [0.5, 0.6) is 0 Å². The van der Waals surface area contributed by atoms with E-state index in [1.807, 2.05) is 16.7 Å². The lowest BCUT2D eigenvalue weighted by Crippen LogP contribution is -2.61. The summed E-state index contributed by atoms with van der Waals surface area (Å²) < 4.78 is 11.7. The van der Waals surface area contributed by atoms with Crippen LogP contribution < -0.4 is 0 Å². The lowest BCUT2D eigenvalue weighted by atomic mass is 9.92. The van der Waals surface area contributed by atoms with Gasteiger partial charge < -0.3 is 14.4 Å². The van der Waals surface area contributed by atoms with Gasteiger partial charge in [-0.05, 0) is 31.2 Å². The molecule has 24 heavy (non-hydrogen) atoms. The number of rotatable bonds is 4. The summed E-state index contributed by atoms with van der Waals surface area (Å²) in [6, 6.07) is 1.72. The van der Waals surface area contributed by atoms with Gasteiger partial charge in [-0.3, -0.25) is 4.79 Å². The first kappa shape index (κ1) is 16.3. The van der Waals surface area contributed by atoms with Crippen LogP contribution in [0.15, 0.2) is 18.5 Å². The SMILES string of the molecule is O=C(c1ncccn1)N1CC2(C[C@H](OCC3CCOCC3)CS2)C1. The third kappa shape index (κ3) is 3.43. The summed E-state index contributed by atoms with van der Waals surface area (Å²) in [4.78, 5) is 22.3. The Morgan fingerprint density at radius 2 is 2.08 bits per heavy atom. The van der Waals surface area contributed by atoms with Crippen molar-refractivity contribution in [2.24, 2.45) is 5.92 Å². The van der Waals surface area contributed by atoms with Crippen LogP contribution in [0.25, 0.3) is 0 Å². The Balaban J connectivity index is 1.23. The number of thioether (sulfide) groups is 1. The molecule has 0 aliphatic carbocycles. The summed E-state index contributed by atoms with van der Waals surface area (Å²) in [5.41, 5.74) is 0. The Labute approximate surface area is 146 Å². The molecular weight excluding hydrogens is 326 g/mol. The Hall–Kier alpha value is -1.18. The average molecular weight is 349 g/mol. The lowest BCUT2D eigenvalue weighted by Gasteiger charge is -2.47. The van der Waals surface area contributed by atoms with Crippen molar-refractivity contribution in [2.45, 2.75) is 30.1 Å². The number of likely N-dealkylation sites (tertiary alicyclic amines) is 1. The van der Waals surface area contributed by atoms with E-state index >= 15 is 0 Å². The number of hydrogen-bond acceptors (Lipinski definition) is 6. The molecule has 1 aromatic heterocycles. The summed E-state index contributed by atoms with van der Waals surface area (Å²) in [6.07, 6.45) is 6.82. The zero-order valence-corrected chi connectivity index (χ0v) is 14.5. The molecule has 1 aromatic rings. The third-order valence-electron chi connectivity index (χ3n) is 5.09. The molecule has 3 fully saturated rings. The minimum atomic E-state index is -0.0617. The lowest BCUT2D eigenvalue weighted by molar-refractivity contribution is -0.0119. The summed E-state index contributed by atoms with van der Waals surface area (Å²) in [5.74, 6) is 1.92. The third-order valence-corrected chi connectivity index (χ3v) is 6.66. The van der Waals surface area contributed by atoms with Gasteiger partial charge in [0.2, 0.25) is 5.82 Å². The van der Waals surface area contributed by atoms with Crippen LogP contribution in [-0.4, -0.2) is 70.3 Å². The Morgan fingerprint density at radius 1 is 1.33 bits per heavy atom. The normalized spacial score (nSPS) is 26.5. The minimum absolute atomic E-state index is 0.0617. The van der Waals surface area contributed by atoms with Crippen LogP contribution in [0.1, 0.15) is 29.9 Å². The highest BCUT2D eigenvalue weighted by molar-refractivity contribution is 8.01. The molecule has 1 spiro atoms. The Morgan fingerprint density at radius 3 is 2.83 bits per heavy atom. The van der Waals surface area contributed by atoms with Crippen molar-refractivity contribution in [3.8, 4) is 0 Å².